The first-order valence-electron chi connectivity index (χ1n) is 6.38. The Morgan fingerprint density at radius 2 is 2.29 bits per heavy atom. The minimum absolute atomic E-state index is 0.136. The number of hydrogen-bond donors (Lipinski definition) is 1. The highest BCUT2D eigenvalue weighted by Gasteiger charge is 2.16. The van der Waals surface area contributed by atoms with Crippen molar-refractivity contribution in [2.75, 3.05) is 6.54 Å². The van der Waals surface area contributed by atoms with Gasteiger partial charge in [0.2, 0.25) is 0 Å². The molecule has 0 spiro atoms. The molecule has 0 saturated carbocycles. The first-order chi connectivity index (χ1) is 8.15. The van der Waals surface area contributed by atoms with Crippen LogP contribution in [-0.4, -0.2) is 34.8 Å². The van der Waals surface area contributed by atoms with Crippen molar-refractivity contribution in [2.24, 2.45) is 4.99 Å². The van der Waals surface area contributed by atoms with Gasteiger partial charge in [-0.25, -0.2) is 4.79 Å². The quantitative estimate of drug-likeness (QED) is 0.694. The summed E-state index contributed by atoms with van der Waals surface area (Å²) in [6.45, 7) is 5.05. The largest absolute Gasteiger partial charge is 0.476 e. The fourth-order valence-corrected chi connectivity index (χ4v) is 1.93. The Balaban J connectivity index is 2.39. The van der Waals surface area contributed by atoms with E-state index in [9.17, 15) is 4.79 Å². The molecule has 4 nitrogen and oxygen atoms in total. The van der Waals surface area contributed by atoms with E-state index in [1.807, 2.05) is 0 Å². The van der Waals surface area contributed by atoms with Crippen LogP contribution in [0.2, 0.25) is 0 Å². The standard InChI is InChI=1S/C13H22N2O2/c1-3-4-5-6-7-11(2)15-9-8-14-12(10-15)13(16)17/h8,10-11H,3-7,9H2,1-2H3,(H,16,17)/t11-/m1/s1. The van der Waals surface area contributed by atoms with Crippen molar-refractivity contribution in [1.82, 2.24) is 4.90 Å². The van der Waals surface area contributed by atoms with Crippen molar-refractivity contribution < 1.29 is 9.90 Å². The van der Waals surface area contributed by atoms with Crippen molar-refractivity contribution in [3.63, 3.8) is 0 Å². The Kier molecular flexibility index (Phi) is 5.73. The molecule has 96 valence electrons. The Morgan fingerprint density at radius 1 is 1.53 bits per heavy atom. The lowest BCUT2D eigenvalue weighted by Crippen LogP contribution is -2.32. The minimum atomic E-state index is -0.955. The molecule has 1 atom stereocenters. The highest BCUT2D eigenvalue weighted by molar-refractivity contribution is 5.89. The van der Waals surface area contributed by atoms with Crippen LogP contribution < -0.4 is 0 Å². The lowest BCUT2D eigenvalue weighted by Gasteiger charge is -2.28. The van der Waals surface area contributed by atoms with Gasteiger partial charge in [0.15, 0.2) is 5.70 Å². The Labute approximate surface area is 103 Å². The molecule has 0 aromatic heterocycles. The molecule has 0 bridgehead atoms. The zero-order valence-electron chi connectivity index (χ0n) is 10.7. The normalized spacial score (nSPS) is 16.8. The van der Waals surface area contributed by atoms with Gasteiger partial charge in [-0.3, -0.25) is 4.99 Å². The van der Waals surface area contributed by atoms with E-state index in [2.05, 4.69) is 23.7 Å². The summed E-state index contributed by atoms with van der Waals surface area (Å²) in [7, 11) is 0. The molecule has 0 aliphatic carbocycles. The van der Waals surface area contributed by atoms with Crippen LogP contribution in [-0.2, 0) is 4.79 Å². The summed E-state index contributed by atoms with van der Waals surface area (Å²) in [5.41, 5.74) is 0.136. The summed E-state index contributed by atoms with van der Waals surface area (Å²) < 4.78 is 0. The van der Waals surface area contributed by atoms with Crippen LogP contribution in [0.3, 0.4) is 0 Å². The van der Waals surface area contributed by atoms with E-state index in [0.717, 1.165) is 6.42 Å². The highest BCUT2D eigenvalue weighted by atomic mass is 16.4. The number of rotatable bonds is 7. The summed E-state index contributed by atoms with van der Waals surface area (Å²) in [6.07, 6.45) is 9.44. The first kappa shape index (κ1) is 13.7. The van der Waals surface area contributed by atoms with E-state index in [1.165, 1.54) is 25.7 Å². The molecule has 1 aliphatic heterocycles. The molecule has 1 N–H and O–H groups in total. The maximum absolute atomic E-state index is 10.8. The molecule has 0 unspecified atom stereocenters. The first-order valence-corrected chi connectivity index (χ1v) is 6.38. The highest BCUT2D eigenvalue weighted by Crippen LogP contribution is 2.14. The molecule has 17 heavy (non-hydrogen) atoms. The summed E-state index contributed by atoms with van der Waals surface area (Å²) in [4.78, 5) is 16.7. The van der Waals surface area contributed by atoms with Gasteiger partial charge < -0.3 is 10.0 Å². The van der Waals surface area contributed by atoms with Crippen LogP contribution in [0, 0.1) is 0 Å². The molecule has 0 fully saturated rings. The smallest absolute Gasteiger partial charge is 0.355 e. The van der Waals surface area contributed by atoms with Crippen molar-refractivity contribution in [3.05, 3.63) is 11.9 Å². The summed E-state index contributed by atoms with van der Waals surface area (Å²) in [5, 5.41) is 8.88. The van der Waals surface area contributed by atoms with Crippen molar-refractivity contribution >= 4 is 12.2 Å². The molecule has 0 aromatic carbocycles. The maximum Gasteiger partial charge on any atom is 0.355 e. The topological polar surface area (TPSA) is 52.9 Å². The SMILES string of the molecule is CCCCCC[C@@H](C)N1C=C(C(=O)O)N=CC1. The fourth-order valence-electron chi connectivity index (χ4n) is 1.93. The van der Waals surface area contributed by atoms with Gasteiger partial charge in [-0.15, -0.1) is 0 Å². The third kappa shape index (κ3) is 4.59. The summed E-state index contributed by atoms with van der Waals surface area (Å²) in [5.74, 6) is -0.955. The zero-order chi connectivity index (χ0) is 12.7. The van der Waals surface area contributed by atoms with Crippen LogP contribution >= 0.6 is 0 Å². The van der Waals surface area contributed by atoms with E-state index >= 15 is 0 Å². The van der Waals surface area contributed by atoms with Gasteiger partial charge in [0, 0.05) is 18.5 Å². The molecule has 1 rings (SSSR count). The maximum atomic E-state index is 10.8. The second kappa shape index (κ2) is 7.09. The predicted octanol–water partition coefficient (Wildman–Crippen LogP) is 2.66. The molecule has 4 heteroatoms. The van der Waals surface area contributed by atoms with E-state index in [0.29, 0.717) is 12.6 Å². The number of aliphatic imine (C=N–C) groups is 1. The van der Waals surface area contributed by atoms with Gasteiger partial charge in [-0.1, -0.05) is 32.6 Å². The van der Waals surface area contributed by atoms with Crippen LogP contribution in [0.25, 0.3) is 0 Å². The molecule has 0 radical (unpaired) electrons. The third-order valence-corrected chi connectivity index (χ3v) is 3.07. The Hall–Kier alpha value is -1.32. The zero-order valence-corrected chi connectivity index (χ0v) is 10.7. The third-order valence-electron chi connectivity index (χ3n) is 3.07. The van der Waals surface area contributed by atoms with Gasteiger partial charge >= 0.3 is 5.97 Å². The van der Waals surface area contributed by atoms with E-state index < -0.39 is 5.97 Å². The Morgan fingerprint density at radius 3 is 2.94 bits per heavy atom. The molecular formula is C13H22N2O2. The number of unbranched alkanes of at least 4 members (excludes halogenated alkanes) is 3. The second-order valence-corrected chi connectivity index (χ2v) is 4.53. The predicted molar refractivity (Wildman–Crippen MR) is 69.1 cm³/mol. The van der Waals surface area contributed by atoms with Crippen LogP contribution in [0.5, 0.6) is 0 Å². The molecule has 0 saturated heterocycles. The molecule has 0 amide bonds. The van der Waals surface area contributed by atoms with E-state index in [-0.39, 0.29) is 5.70 Å². The van der Waals surface area contributed by atoms with Crippen LogP contribution in [0.1, 0.15) is 46.0 Å². The van der Waals surface area contributed by atoms with Gasteiger partial charge in [-0.05, 0) is 13.3 Å². The van der Waals surface area contributed by atoms with Crippen LogP contribution in [0.4, 0.5) is 0 Å². The van der Waals surface area contributed by atoms with Crippen molar-refractivity contribution in [2.45, 2.75) is 52.0 Å². The van der Waals surface area contributed by atoms with Gasteiger partial charge in [-0.2, -0.15) is 0 Å². The monoisotopic (exact) mass is 238 g/mol. The van der Waals surface area contributed by atoms with E-state index in [1.54, 1.807) is 12.4 Å². The van der Waals surface area contributed by atoms with Crippen molar-refractivity contribution in [3.8, 4) is 0 Å². The number of carboxylic acid groups (broad SMARTS) is 1. The number of carbonyl (C=O) groups is 1. The average molecular weight is 238 g/mol. The van der Waals surface area contributed by atoms with Crippen molar-refractivity contribution in [1.29, 1.82) is 0 Å². The second-order valence-electron chi connectivity index (χ2n) is 4.53. The number of nitrogens with zero attached hydrogens (tertiary/aromatic N) is 2. The number of hydrogen-bond acceptors (Lipinski definition) is 3. The Bertz CT molecular complexity index is 311. The van der Waals surface area contributed by atoms with Gasteiger partial charge in [0.25, 0.3) is 0 Å². The molecule has 0 aromatic rings. The fraction of sp³-hybridized carbons (Fsp3) is 0.692. The lowest BCUT2D eigenvalue weighted by molar-refractivity contribution is -0.132. The lowest BCUT2D eigenvalue weighted by atomic mass is 10.1. The number of aliphatic carboxylic acids is 1. The number of carboxylic acids is 1. The molecular weight excluding hydrogens is 216 g/mol. The van der Waals surface area contributed by atoms with E-state index in [4.69, 9.17) is 5.11 Å². The summed E-state index contributed by atoms with van der Waals surface area (Å²) >= 11 is 0. The van der Waals surface area contributed by atoms with Crippen LogP contribution in [0.15, 0.2) is 16.9 Å². The molecule has 1 aliphatic rings. The average Bonchev–Trinajstić information content (AvgIpc) is 2.34. The van der Waals surface area contributed by atoms with Gasteiger partial charge in [0.05, 0.1) is 6.54 Å². The van der Waals surface area contributed by atoms with Gasteiger partial charge in [0.1, 0.15) is 0 Å². The minimum Gasteiger partial charge on any atom is -0.476 e. The molecule has 1 heterocycles. The summed E-state index contributed by atoms with van der Waals surface area (Å²) in [6, 6.07) is 0.382.